The Kier molecular flexibility index (Phi) is 2.27. The lowest BCUT2D eigenvalue weighted by molar-refractivity contribution is 0.0221. The van der Waals surface area contributed by atoms with E-state index in [9.17, 15) is 0 Å². The molecule has 0 aliphatic heterocycles. The minimum absolute atomic E-state index is 0.434. The average Bonchev–Trinajstić information content (AvgIpc) is 2.05. The molecule has 0 unspecified atom stereocenters. The van der Waals surface area contributed by atoms with Crippen molar-refractivity contribution in [2.24, 2.45) is 0 Å². The van der Waals surface area contributed by atoms with E-state index in [-0.39, 0.29) is 0 Å². The molecule has 0 amide bonds. The summed E-state index contributed by atoms with van der Waals surface area (Å²) < 4.78 is 1.73. The number of alkyl halides is 1. The number of halogens is 3. The van der Waals surface area contributed by atoms with Crippen molar-refractivity contribution in [3.63, 3.8) is 0 Å². The number of aryl methyl sites for hydroxylation is 1. The third kappa shape index (κ3) is 1.44. The Morgan fingerprint density at radius 3 is 2.47 bits per heavy atom. The Morgan fingerprint density at radius 1 is 1.33 bits per heavy atom. The molecule has 2 bridgehead atoms. The van der Waals surface area contributed by atoms with E-state index in [4.69, 9.17) is 11.6 Å². The van der Waals surface area contributed by atoms with E-state index in [1.54, 1.807) is 0 Å². The molecule has 1 aromatic carbocycles. The summed E-state index contributed by atoms with van der Waals surface area (Å²) in [4.78, 5) is 0. The molecule has 3 heteroatoms. The standard InChI is InChI=1S/C12H11BrClI/c1-7-2-8(10(14)3-9(7)13)11-4-12(15,5-11)6-11/h2-3H,4-6H2,1H3. The predicted octanol–water partition coefficient (Wildman–Crippen LogP) is 5.02. The summed E-state index contributed by atoms with van der Waals surface area (Å²) in [7, 11) is 0. The highest BCUT2D eigenvalue weighted by Crippen LogP contribution is 2.73. The summed E-state index contributed by atoms with van der Waals surface area (Å²) in [6.45, 7) is 2.13. The molecule has 3 fully saturated rings. The summed E-state index contributed by atoms with van der Waals surface area (Å²) in [6, 6.07) is 4.31. The van der Waals surface area contributed by atoms with Gasteiger partial charge in [-0.05, 0) is 43.4 Å². The molecule has 0 aromatic heterocycles. The van der Waals surface area contributed by atoms with Crippen molar-refractivity contribution in [1.82, 2.24) is 0 Å². The van der Waals surface area contributed by atoms with Gasteiger partial charge in [0.15, 0.2) is 0 Å². The Labute approximate surface area is 117 Å². The number of hydrogen-bond acceptors (Lipinski definition) is 0. The Bertz CT molecular complexity index is 435. The van der Waals surface area contributed by atoms with Crippen LogP contribution in [0.25, 0.3) is 0 Å². The topological polar surface area (TPSA) is 0 Å². The SMILES string of the molecule is Cc1cc(C23CC(I)(C2)C3)c(Cl)cc1Br. The summed E-state index contributed by atoms with van der Waals surface area (Å²) in [5.41, 5.74) is 3.11. The van der Waals surface area contributed by atoms with Crippen LogP contribution in [0.2, 0.25) is 5.02 Å². The molecule has 0 spiro atoms. The van der Waals surface area contributed by atoms with Crippen LogP contribution in [-0.4, -0.2) is 3.42 Å². The minimum atomic E-state index is 0.434. The van der Waals surface area contributed by atoms with Crippen LogP contribution in [0.15, 0.2) is 16.6 Å². The van der Waals surface area contributed by atoms with Gasteiger partial charge >= 0.3 is 0 Å². The number of rotatable bonds is 1. The highest BCUT2D eigenvalue weighted by atomic mass is 127. The Hall–Kier alpha value is 0.720. The van der Waals surface area contributed by atoms with Crippen LogP contribution < -0.4 is 0 Å². The molecular weight excluding hydrogens is 386 g/mol. The van der Waals surface area contributed by atoms with Gasteiger partial charge in [0.25, 0.3) is 0 Å². The molecule has 3 aliphatic carbocycles. The largest absolute Gasteiger partial charge is 0.0840 e. The molecular formula is C12H11BrClI. The smallest absolute Gasteiger partial charge is 0.0455 e. The maximum absolute atomic E-state index is 6.34. The van der Waals surface area contributed by atoms with Gasteiger partial charge in [-0.3, -0.25) is 0 Å². The lowest BCUT2D eigenvalue weighted by Crippen LogP contribution is -2.66. The fourth-order valence-electron chi connectivity index (χ4n) is 3.01. The fourth-order valence-corrected chi connectivity index (χ4v) is 6.04. The van der Waals surface area contributed by atoms with Crippen LogP contribution in [0.1, 0.15) is 30.4 Å². The summed E-state index contributed by atoms with van der Waals surface area (Å²) in [5.74, 6) is 0. The average molecular weight is 397 g/mol. The lowest BCUT2D eigenvalue weighted by atomic mass is 9.42. The van der Waals surface area contributed by atoms with Gasteiger partial charge in [-0.25, -0.2) is 0 Å². The molecule has 4 rings (SSSR count). The third-order valence-corrected chi connectivity index (χ3v) is 6.10. The zero-order valence-corrected chi connectivity index (χ0v) is 12.9. The second-order valence-corrected chi connectivity index (χ2v) is 8.59. The predicted molar refractivity (Wildman–Crippen MR) is 76.2 cm³/mol. The maximum atomic E-state index is 6.34. The first-order valence-corrected chi connectivity index (χ1v) is 7.34. The van der Waals surface area contributed by atoms with Crippen LogP contribution in [-0.2, 0) is 5.41 Å². The van der Waals surface area contributed by atoms with Gasteiger partial charge in [0.2, 0.25) is 0 Å². The maximum Gasteiger partial charge on any atom is 0.0455 e. The molecule has 0 nitrogen and oxygen atoms in total. The molecule has 0 atom stereocenters. The second-order valence-electron chi connectivity index (χ2n) is 5.04. The molecule has 0 saturated heterocycles. The number of hydrogen-bond donors (Lipinski definition) is 0. The van der Waals surface area contributed by atoms with Crippen LogP contribution in [0.3, 0.4) is 0 Å². The monoisotopic (exact) mass is 396 g/mol. The minimum Gasteiger partial charge on any atom is -0.0840 e. The van der Waals surface area contributed by atoms with Gasteiger partial charge in [0, 0.05) is 18.3 Å². The van der Waals surface area contributed by atoms with E-state index < -0.39 is 0 Å². The molecule has 3 saturated carbocycles. The zero-order chi connectivity index (χ0) is 10.8. The molecule has 0 radical (unpaired) electrons. The lowest BCUT2D eigenvalue weighted by Gasteiger charge is -2.68. The zero-order valence-electron chi connectivity index (χ0n) is 8.41. The van der Waals surface area contributed by atoms with Gasteiger partial charge < -0.3 is 0 Å². The molecule has 1 aromatic rings. The highest BCUT2D eigenvalue weighted by molar-refractivity contribution is 14.1. The van der Waals surface area contributed by atoms with Crippen molar-refractivity contribution in [3.8, 4) is 0 Å². The first-order valence-electron chi connectivity index (χ1n) is 5.09. The normalized spacial score (nSPS) is 37.1. The van der Waals surface area contributed by atoms with E-state index in [0.717, 1.165) is 9.50 Å². The third-order valence-electron chi connectivity index (χ3n) is 3.79. The van der Waals surface area contributed by atoms with E-state index in [0.29, 0.717) is 8.84 Å². The van der Waals surface area contributed by atoms with Crippen molar-refractivity contribution in [2.45, 2.75) is 35.0 Å². The van der Waals surface area contributed by atoms with Gasteiger partial charge in [-0.1, -0.05) is 56.2 Å². The molecule has 3 aliphatic rings. The first kappa shape index (κ1) is 10.8. The van der Waals surface area contributed by atoms with Crippen LogP contribution in [0, 0.1) is 6.92 Å². The quantitative estimate of drug-likeness (QED) is 0.461. The fraction of sp³-hybridized carbons (Fsp3) is 0.500. The first-order chi connectivity index (χ1) is 6.94. The second kappa shape index (κ2) is 3.14. The molecule has 0 N–H and O–H groups in total. The highest BCUT2D eigenvalue weighted by Gasteiger charge is 2.67. The van der Waals surface area contributed by atoms with E-state index in [2.05, 4.69) is 51.5 Å². The molecule has 15 heavy (non-hydrogen) atoms. The van der Waals surface area contributed by atoms with Gasteiger partial charge in [-0.2, -0.15) is 0 Å². The summed E-state index contributed by atoms with van der Waals surface area (Å²) in [6.07, 6.45) is 3.96. The van der Waals surface area contributed by atoms with Crippen molar-refractivity contribution in [3.05, 3.63) is 32.8 Å². The van der Waals surface area contributed by atoms with Crippen molar-refractivity contribution >= 4 is 50.1 Å². The van der Waals surface area contributed by atoms with Crippen LogP contribution in [0.4, 0.5) is 0 Å². The summed E-state index contributed by atoms with van der Waals surface area (Å²) in [5, 5.41) is 0.936. The van der Waals surface area contributed by atoms with Gasteiger partial charge in [-0.15, -0.1) is 0 Å². The van der Waals surface area contributed by atoms with E-state index >= 15 is 0 Å². The van der Waals surface area contributed by atoms with Crippen LogP contribution in [0.5, 0.6) is 0 Å². The Balaban J connectivity index is 2.03. The van der Waals surface area contributed by atoms with Crippen molar-refractivity contribution in [1.29, 1.82) is 0 Å². The van der Waals surface area contributed by atoms with Crippen molar-refractivity contribution in [2.75, 3.05) is 0 Å². The van der Waals surface area contributed by atoms with Crippen molar-refractivity contribution < 1.29 is 0 Å². The van der Waals surface area contributed by atoms with Crippen LogP contribution >= 0.6 is 50.1 Å². The molecule has 0 heterocycles. The van der Waals surface area contributed by atoms with E-state index in [1.807, 2.05) is 6.07 Å². The number of benzene rings is 1. The molecule has 80 valence electrons. The summed E-state index contributed by atoms with van der Waals surface area (Å²) >= 11 is 12.5. The Morgan fingerprint density at radius 2 is 1.93 bits per heavy atom. The van der Waals surface area contributed by atoms with Gasteiger partial charge in [0.1, 0.15) is 0 Å². The van der Waals surface area contributed by atoms with E-state index in [1.165, 1.54) is 30.4 Å². The van der Waals surface area contributed by atoms with Gasteiger partial charge in [0.05, 0.1) is 0 Å².